The third-order valence-electron chi connectivity index (χ3n) is 2.50. The molecule has 1 unspecified atom stereocenters. The first-order valence-corrected chi connectivity index (χ1v) is 6.05. The summed E-state index contributed by atoms with van der Waals surface area (Å²) >= 11 is 0. The molecular weight excluding hydrogens is 235 g/mol. The maximum Gasteiger partial charge on any atom is 0.221 e. The lowest BCUT2D eigenvalue weighted by Crippen LogP contribution is -2.29. The number of halogens is 1. The van der Waals surface area contributed by atoms with Gasteiger partial charge in [0.1, 0.15) is 5.82 Å². The molecule has 0 bridgehead atoms. The molecule has 0 heterocycles. The number of nitrogens with one attached hydrogen (secondary N) is 2. The minimum Gasteiger partial charge on any atom is -0.387 e. The van der Waals surface area contributed by atoms with Crippen molar-refractivity contribution in [1.82, 2.24) is 10.6 Å². The molecule has 1 atom stereocenters. The Bertz CT molecular complexity index is 385. The fourth-order valence-corrected chi connectivity index (χ4v) is 1.58. The van der Waals surface area contributed by atoms with Crippen molar-refractivity contribution in [1.29, 1.82) is 0 Å². The van der Waals surface area contributed by atoms with Crippen molar-refractivity contribution in [3.63, 3.8) is 0 Å². The first-order chi connectivity index (χ1) is 8.65. The number of carbonyl (C=O) groups excluding carboxylic acids is 1. The molecule has 0 fully saturated rings. The Morgan fingerprint density at radius 3 is 2.83 bits per heavy atom. The molecule has 0 saturated heterocycles. The van der Waals surface area contributed by atoms with Gasteiger partial charge in [-0.25, -0.2) is 4.39 Å². The van der Waals surface area contributed by atoms with E-state index in [1.54, 1.807) is 18.2 Å². The van der Waals surface area contributed by atoms with E-state index in [0.29, 0.717) is 19.5 Å². The molecule has 5 heteroatoms. The van der Waals surface area contributed by atoms with Crippen molar-refractivity contribution in [2.24, 2.45) is 0 Å². The molecule has 1 aromatic carbocycles. The van der Waals surface area contributed by atoms with Crippen LogP contribution in [0.5, 0.6) is 0 Å². The summed E-state index contributed by atoms with van der Waals surface area (Å²) in [4.78, 5) is 11.1. The van der Waals surface area contributed by atoms with Gasteiger partial charge in [0, 0.05) is 31.6 Å². The summed E-state index contributed by atoms with van der Waals surface area (Å²) in [5.41, 5.74) is 0.267. The van der Waals surface area contributed by atoms with Crippen LogP contribution in [0.2, 0.25) is 0 Å². The van der Waals surface area contributed by atoms with Crippen LogP contribution in [0.4, 0.5) is 4.39 Å². The van der Waals surface area contributed by atoms with Crippen molar-refractivity contribution in [3.05, 3.63) is 35.6 Å². The van der Waals surface area contributed by atoms with Gasteiger partial charge in [-0.3, -0.25) is 4.79 Å². The summed E-state index contributed by atoms with van der Waals surface area (Å²) in [6.07, 6.45) is -0.557. The first kappa shape index (κ1) is 14.6. The van der Waals surface area contributed by atoms with E-state index in [4.69, 9.17) is 0 Å². The summed E-state index contributed by atoms with van der Waals surface area (Å²) in [5, 5.41) is 15.4. The number of rotatable bonds is 7. The molecule has 0 aromatic heterocycles. The third-order valence-corrected chi connectivity index (χ3v) is 2.50. The van der Waals surface area contributed by atoms with E-state index in [-0.39, 0.29) is 18.0 Å². The zero-order valence-corrected chi connectivity index (χ0v) is 10.4. The van der Waals surface area contributed by atoms with Crippen LogP contribution in [0.3, 0.4) is 0 Å². The summed E-state index contributed by atoms with van der Waals surface area (Å²) in [6, 6.07) is 6.11. The molecule has 1 aromatic rings. The quantitative estimate of drug-likeness (QED) is 0.636. The molecule has 4 nitrogen and oxygen atoms in total. The van der Waals surface area contributed by atoms with Gasteiger partial charge in [0.05, 0.1) is 6.10 Å². The molecule has 3 N–H and O–H groups in total. The molecule has 0 aliphatic heterocycles. The predicted molar refractivity (Wildman–Crippen MR) is 67.5 cm³/mol. The molecular formula is C13H19FN2O2. The lowest BCUT2D eigenvalue weighted by molar-refractivity contribution is -0.120. The predicted octanol–water partition coefficient (Wildman–Crippen LogP) is 0.975. The standard InChI is InChI=1S/C13H19FN2O2/c1-2-16-13(18)7-8-15-9-12(17)10-5-3-4-6-11(10)14/h3-6,12,15,17H,2,7-9H2,1H3,(H,16,18). The Balaban J connectivity index is 2.28. The highest BCUT2D eigenvalue weighted by atomic mass is 19.1. The summed E-state index contributed by atoms with van der Waals surface area (Å²) in [5.74, 6) is -0.457. The average Bonchev–Trinajstić information content (AvgIpc) is 2.35. The second-order valence-electron chi connectivity index (χ2n) is 3.94. The minimum absolute atomic E-state index is 0.0367. The average molecular weight is 254 g/mol. The van der Waals surface area contributed by atoms with Crippen LogP contribution in [-0.2, 0) is 4.79 Å². The highest BCUT2D eigenvalue weighted by Gasteiger charge is 2.11. The molecule has 0 saturated carbocycles. The largest absolute Gasteiger partial charge is 0.387 e. The molecule has 100 valence electrons. The van der Waals surface area contributed by atoms with Crippen LogP contribution < -0.4 is 10.6 Å². The molecule has 18 heavy (non-hydrogen) atoms. The van der Waals surface area contributed by atoms with Gasteiger partial charge in [-0.05, 0) is 13.0 Å². The number of benzene rings is 1. The van der Waals surface area contributed by atoms with E-state index >= 15 is 0 Å². The van der Waals surface area contributed by atoms with E-state index in [0.717, 1.165) is 0 Å². The second-order valence-corrected chi connectivity index (χ2v) is 3.94. The second kappa shape index (κ2) is 7.79. The van der Waals surface area contributed by atoms with Crippen molar-refractivity contribution in [2.45, 2.75) is 19.4 Å². The lowest BCUT2D eigenvalue weighted by atomic mass is 10.1. The van der Waals surface area contributed by atoms with Crippen LogP contribution in [0.1, 0.15) is 25.0 Å². The summed E-state index contributed by atoms with van der Waals surface area (Å²) < 4.78 is 13.3. The molecule has 0 spiro atoms. The summed E-state index contributed by atoms with van der Waals surface area (Å²) in [6.45, 7) is 3.14. The third kappa shape index (κ3) is 4.81. The number of hydrogen-bond donors (Lipinski definition) is 3. The van der Waals surface area contributed by atoms with Gasteiger partial charge in [-0.1, -0.05) is 18.2 Å². The Morgan fingerprint density at radius 2 is 2.17 bits per heavy atom. The normalized spacial score (nSPS) is 12.2. The van der Waals surface area contributed by atoms with Gasteiger partial charge < -0.3 is 15.7 Å². The van der Waals surface area contributed by atoms with Gasteiger partial charge in [0.25, 0.3) is 0 Å². The molecule has 0 radical (unpaired) electrons. The molecule has 0 aliphatic carbocycles. The van der Waals surface area contributed by atoms with Gasteiger partial charge >= 0.3 is 0 Å². The lowest BCUT2D eigenvalue weighted by Gasteiger charge is -2.12. The number of carbonyl (C=O) groups is 1. The number of amides is 1. The fraction of sp³-hybridized carbons (Fsp3) is 0.462. The van der Waals surface area contributed by atoms with Crippen molar-refractivity contribution in [2.75, 3.05) is 19.6 Å². The monoisotopic (exact) mass is 254 g/mol. The van der Waals surface area contributed by atoms with Crippen LogP contribution in [0.25, 0.3) is 0 Å². The SMILES string of the molecule is CCNC(=O)CCNCC(O)c1ccccc1F. The highest BCUT2D eigenvalue weighted by Crippen LogP contribution is 2.15. The smallest absolute Gasteiger partial charge is 0.221 e. The van der Waals surface area contributed by atoms with Gasteiger partial charge in [-0.15, -0.1) is 0 Å². The maximum atomic E-state index is 13.3. The minimum atomic E-state index is -0.902. The number of hydrogen-bond acceptors (Lipinski definition) is 3. The van der Waals surface area contributed by atoms with Crippen molar-refractivity contribution in [3.8, 4) is 0 Å². The number of aliphatic hydroxyl groups is 1. The fourth-order valence-electron chi connectivity index (χ4n) is 1.58. The van der Waals surface area contributed by atoms with E-state index in [1.165, 1.54) is 6.07 Å². The Kier molecular flexibility index (Phi) is 6.32. The Morgan fingerprint density at radius 1 is 1.44 bits per heavy atom. The van der Waals surface area contributed by atoms with Crippen LogP contribution >= 0.6 is 0 Å². The van der Waals surface area contributed by atoms with Crippen LogP contribution in [0, 0.1) is 5.82 Å². The van der Waals surface area contributed by atoms with Crippen LogP contribution in [0.15, 0.2) is 24.3 Å². The zero-order valence-electron chi connectivity index (χ0n) is 10.4. The van der Waals surface area contributed by atoms with Crippen molar-refractivity contribution >= 4 is 5.91 Å². The van der Waals surface area contributed by atoms with E-state index < -0.39 is 11.9 Å². The Labute approximate surface area is 106 Å². The van der Waals surface area contributed by atoms with Gasteiger partial charge in [0.2, 0.25) is 5.91 Å². The van der Waals surface area contributed by atoms with Crippen molar-refractivity contribution < 1.29 is 14.3 Å². The Hall–Kier alpha value is -1.46. The topological polar surface area (TPSA) is 61.4 Å². The van der Waals surface area contributed by atoms with E-state index in [9.17, 15) is 14.3 Å². The molecule has 0 aliphatic rings. The van der Waals surface area contributed by atoms with Gasteiger partial charge in [0.15, 0.2) is 0 Å². The zero-order chi connectivity index (χ0) is 13.4. The summed E-state index contributed by atoms with van der Waals surface area (Å²) in [7, 11) is 0. The highest BCUT2D eigenvalue weighted by molar-refractivity contribution is 5.75. The number of aliphatic hydroxyl groups excluding tert-OH is 1. The van der Waals surface area contributed by atoms with Crippen LogP contribution in [-0.4, -0.2) is 30.6 Å². The molecule has 1 amide bonds. The van der Waals surface area contributed by atoms with E-state index in [2.05, 4.69) is 10.6 Å². The maximum absolute atomic E-state index is 13.3. The van der Waals surface area contributed by atoms with Gasteiger partial charge in [-0.2, -0.15) is 0 Å². The van der Waals surface area contributed by atoms with E-state index in [1.807, 2.05) is 6.92 Å². The molecule has 1 rings (SSSR count). The first-order valence-electron chi connectivity index (χ1n) is 6.05.